The van der Waals surface area contributed by atoms with Crippen molar-refractivity contribution in [1.82, 2.24) is 15.0 Å². The first kappa shape index (κ1) is 14.1. The number of hydrogen-bond acceptors (Lipinski definition) is 4. The van der Waals surface area contributed by atoms with Crippen molar-refractivity contribution in [2.24, 2.45) is 0 Å². The average Bonchev–Trinajstić information content (AvgIpc) is 2.89. The molecule has 0 radical (unpaired) electrons. The van der Waals surface area contributed by atoms with Gasteiger partial charge < -0.3 is 10.6 Å². The van der Waals surface area contributed by atoms with E-state index in [1.165, 1.54) is 0 Å². The Hall–Kier alpha value is -2.82. The molecular weight excluding hydrogens is 274 g/mol. The molecule has 2 aromatic carbocycles. The molecule has 0 aliphatic carbocycles. The molecule has 0 amide bonds. The maximum atomic E-state index is 6.24. The predicted molar refractivity (Wildman–Crippen MR) is 90.3 cm³/mol. The summed E-state index contributed by atoms with van der Waals surface area (Å²) in [6, 6.07) is 16.1. The van der Waals surface area contributed by atoms with Gasteiger partial charge in [0.25, 0.3) is 0 Å². The molecule has 0 fully saturated rings. The summed E-state index contributed by atoms with van der Waals surface area (Å²) in [4.78, 5) is 2.05. The minimum Gasteiger partial charge on any atom is -0.382 e. The summed E-state index contributed by atoms with van der Waals surface area (Å²) in [5, 5.41) is 8.43. The van der Waals surface area contributed by atoms with Crippen LogP contribution in [0, 0.1) is 6.92 Å². The molecule has 1 heterocycles. The van der Waals surface area contributed by atoms with Crippen LogP contribution in [0.15, 0.2) is 48.5 Å². The van der Waals surface area contributed by atoms with E-state index in [0.29, 0.717) is 11.5 Å². The largest absolute Gasteiger partial charge is 0.382 e. The normalized spacial score (nSPS) is 10.7. The zero-order chi connectivity index (χ0) is 15.7. The second-order valence-corrected chi connectivity index (χ2v) is 5.52. The summed E-state index contributed by atoms with van der Waals surface area (Å²) < 4.78 is 1.67. The molecule has 3 aromatic rings. The first-order valence-electron chi connectivity index (χ1n) is 7.12. The highest BCUT2D eigenvalue weighted by Gasteiger charge is 2.13. The van der Waals surface area contributed by atoms with Crippen molar-refractivity contribution in [2.45, 2.75) is 6.92 Å². The third-order valence-corrected chi connectivity index (χ3v) is 3.61. The van der Waals surface area contributed by atoms with Gasteiger partial charge in [-0.15, -0.1) is 5.10 Å². The van der Waals surface area contributed by atoms with E-state index in [-0.39, 0.29) is 0 Å². The van der Waals surface area contributed by atoms with Gasteiger partial charge in [0.2, 0.25) is 0 Å². The van der Waals surface area contributed by atoms with E-state index >= 15 is 0 Å². The molecule has 3 rings (SSSR count). The lowest BCUT2D eigenvalue weighted by Gasteiger charge is -2.12. The van der Waals surface area contributed by atoms with E-state index in [1.54, 1.807) is 4.68 Å². The molecule has 0 unspecified atom stereocenters. The fourth-order valence-electron chi connectivity index (χ4n) is 2.36. The van der Waals surface area contributed by atoms with E-state index < -0.39 is 0 Å². The Bertz CT molecular complexity index is 787. The molecule has 5 nitrogen and oxygen atoms in total. The highest BCUT2D eigenvalue weighted by molar-refractivity contribution is 5.72. The van der Waals surface area contributed by atoms with Gasteiger partial charge in [-0.2, -0.15) is 4.68 Å². The minimum atomic E-state index is 0.545. The third-order valence-electron chi connectivity index (χ3n) is 3.61. The number of aromatic nitrogens is 3. The van der Waals surface area contributed by atoms with Crippen LogP contribution in [0.25, 0.3) is 16.9 Å². The van der Waals surface area contributed by atoms with Gasteiger partial charge in [0.05, 0.1) is 5.69 Å². The van der Waals surface area contributed by atoms with Crippen LogP contribution in [-0.4, -0.2) is 29.1 Å². The fraction of sp³-hybridized carbons (Fsp3) is 0.176. The number of nitrogen functional groups attached to an aromatic ring is 1. The van der Waals surface area contributed by atoms with Crippen molar-refractivity contribution in [2.75, 3.05) is 24.7 Å². The number of hydrogen-bond donors (Lipinski definition) is 1. The third kappa shape index (κ3) is 2.53. The predicted octanol–water partition coefficient (Wildman–Crippen LogP) is 2.89. The number of rotatable bonds is 3. The second kappa shape index (κ2) is 5.52. The maximum Gasteiger partial charge on any atom is 0.155 e. The molecule has 0 aliphatic rings. The van der Waals surface area contributed by atoms with Gasteiger partial charge in [0.15, 0.2) is 5.82 Å². The van der Waals surface area contributed by atoms with Crippen LogP contribution >= 0.6 is 0 Å². The van der Waals surface area contributed by atoms with E-state index in [4.69, 9.17) is 5.73 Å². The van der Waals surface area contributed by atoms with Crippen LogP contribution in [0.3, 0.4) is 0 Å². The lowest BCUT2D eigenvalue weighted by Crippen LogP contribution is -2.08. The molecule has 22 heavy (non-hydrogen) atoms. The second-order valence-electron chi connectivity index (χ2n) is 5.52. The van der Waals surface area contributed by atoms with Crippen molar-refractivity contribution >= 4 is 11.5 Å². The molecule has 0 bridgehead atoms. The van der Waals surface area contributed by atoms with Crippen LogP contribution in [-0.2, 0) is 0 Å². The van der Waals surface area contributed by atoms with Crippen molar-refractivity contribution in [3.8, 4) is 16.9 Å². The Morgan fingerprint density at radius 1 is 1.05 bits per heavy atom. The van der Waals surface area contributed by atoms with Crippen molar-refractivity contribution in [1.29, 1.82) is 0 Å². The smallest absolute Gasteiger partial charge is 0.155 e. The van der Waals surface area contributed by atoms with Gasteiger partial charge in [-0.05, 0) is 36.8 Å². The van der Waals surface area contributed by atoms with Crippen molar-refractivity contribution < 1.29 is 0 Å². The highest BCUT2D eigenvalue weighted by Crippen LogP contribution is 2.27. The molecule has 1 aromatic heterocycles. The molecule has 0 atom stereocenters. The quantitative estimate of drug-likeness (QED) is 0.806. The zero-order valence-corrected chi connectivity index (χ0v) is 13.0. The summed E-state index contributed by atoms with van der Waals surface area (Å²) in [5.74, 6) is 0.545. The molecular formula is C17H19N5. The molecule has 5 heteroatoms. The number of nitrogens with two attached hydrogens (primary N) is 1. The van der Waals surface area contributed by atoms with Gasteiger partial charge >= 0.3 is 0 Å². The van der Waals surface area contributed by atoms with Gasteiger partial charge in [0, 0.05) is 25.3 Å². The Morgan fingerprint density at radius 2 is 1.77 bits per heavy atom. The summed E-state index contributed by atoms with van der Waals surface area (Å²) in [6.45, 7) is 2.04. The Balaban J connectivity index is 2.00. The zero-order valence-electron chi connectivity index (χ0n) is 13.0. The lowest BCUT2D eigenvalue weighted by atomic mass is 10.1. The number of benzene rings is 2. The van der Waals surface area contributed by atoms with Gasteiger partial charge in [-0.3, -0.25) is 0 Å². The summed E-state index contributed by atoms with van der Waals surface area (Å²) >= 11 is 0. The van der Waals surface area contributed by atoms with Gasteiger partial charge in [-0.25, -0.2) is 0 Å². The van der Waals surface area contributed by atoms with Crippen LogP contribution < -0.4 is 10.6 Å². The van der Waals surface area contributed by atoms with E-state index in [1.807, 2.05) is 69.6 Å². The number of aryl methyl sites for hydroxylation is 1. The first-order chi connectivity index (χ1) is 10.6. The number of nitrogens with zero attached hydrogens (tertiary/aromatic N) is 4. The summed E-state index contributed by atoms with van der Waals surface area (Å²) in [7, 11) is 4.02. The standard InChI is InChI=1S/C17H19N5/c1-12-5-4-6-15(11-12)22-17(18)16(19-20-22)13-7-9-14(10-8-13)21(2)3/h4-11H,18H2,1-3H3. The van der Waals surface area contributed by atoms with E-state index in [9.17, 15) is 0 Å². The first-order valence-corrected chi connectivity index (χ1v) is 7.12. The highest BCUT2D eigenvalue weighted by atomic mass is 15.5. The SMILES string of the molecule is Cc1cccc(-n2nnc(-c3ccc(N(C)C)cc3)c2N)c1. The molecule has 112 valence electrons. The molecule has 0 saturated heterocycles. The Labute approximate surface area is 130 Å². The average molecular weight is 293 g/mol. The Morgan fingerprint density at radius 3 is 2.41 bits per heavy atom. The summed E-state index contributed by atoms with van der Waals surface area (Å²) in [5.41, 5.74) is 11.1. The molecule has 0 spiro atoms. The van der Waals surface area contributed by atoms with Crippen LogP contribution in [0.2, 0.25) is 0 Å². The minimum absolute atomic E-state index is 0.545. The maximum absolute atomic E-state index is 6.24. The van der Waals surface area contributed by atoms with Crippen molar-refractivity contribution in [3.63, 3.8) is 0 Å². The topological polar surface area (TPSA) is 60.0 Å². The van der Waals surface area contributed by atoms with Crippen LogP contribution in [0.1, 0.15) is 5.56 Å². The van der Waals surface area contributed by atoms with Gasteiger partial charge in [0.1, 0.15) is 5.69 Å². The van der Waals surface area contributed by atoms with Gasteiger partial charge in [-0.1, -0.05) is 29.5 Å². The molecule has 0 aliphatic heterocycles. The Kier molecular flexibility index (Phi) is 3.55. The number of anilines is 2. The summed E-state index contributed by atoms with van der Waals surface area (Å²) in [6.07, 6.45) is 0. The monoisotopic (exact) mass is 293 g/mol. The lowest BCUT2D eigenvalue weighted by molar-refractivity contribution is 0.810. The fourth-order valence-corrected chi connectivity index (χ4v) is 2.36. The van der Waals surface area contributed by atoms with E-state index in [2.05, 4.69) is 15.2 Å². The van der Waals surface area contributed by atoms with E-state index in [0.717, 1.165) is 22.5 Å². The van der Waals surface area contributed by atoms with Crippen LogP contribution in [0.4, 0.5) is 11.5 Å². The molecule has 2 N–H and O–H groups in total. The molecule has 0 saturated carbocycles. The van der Waals surface area contributed by atoms with Crippen molar-refractivity contribution in [3.05, 3.63) is 54.1 Å². The van der Waals surface area contributed by atoms with Crippen LogP contribution in [0.5, 0.6) is 0 Å².